The van der Waals surface area contributed by atoms with E-state index in [1.54, 1.807) is 0 Å². The summed E-state index contributed by atoms with van der Waals surface area (Å²) in [7, 11) is 0. The van der Waals surface area contributed by atoms with Gasteiger partial charge in [0, 0.05) is 15.3 Å². The molecule has 2 heterocycles. The Hall–Kier alpha value is -0.340. The van der Waals surface area contributed by atoms with Crippen LogP contribution in [0.3, 0.4) is 0 Å². The van der Waals surface area contributed by atoms with Crippen molar-refractivity contribution in [2.45, 2.75) is 45.1 Å². The van der Waals surface area contributed by atoms with Crippen molar-refractivity contribution in [3.63, 3.8) is 0 Å². The van der Waals surface area contributed by atoms with Gasteiger partial charge < -0.3 is 5.32 Å². The van der Waals surface area contributed by atoms with Crippen molar-refractivity contribution >= 4 is 11.3 Å². The van der Waals surface area contributed by atoms with Crippen LogP contribution in [0.2, 0.25) is 0 Å². The van der Waals surface area contributed by atoms with Crippen LogP contribution in [-0.2, 0) is 6.42 Å². The average molecular weight is 209 g/mol. The Morgan fingerprint density at radius 2 is 2.29 bits per heavy atom. The smallest absolute Gasteiger partial charge is 0.0201 e. The number of hydrogen-bond acceptors (Lipinski definition) is 2. The lowest BCUT2D eigenvalue weighted by Gasteiger charge is -2.34. The van der Waals surface area contributed by atoms with E-state index in [2.05, 4.69) is 31.3 Å². The second-order valence-electron chi connectivity index (χ2n) is 4.63. The zero-order valence-electron chi connectivity index (χ0n) is 9.10. The molecule has 0 amide bonds. The second kappa shape index (κ2) is 4.03. The minimum Gasteiger partial charge on any atom is -0.311 e. The summed E-state index contributed by atoms with van der Waals surface area (Å²) >= 11 is 1.94. The molecule has 1 aromatic rings. The van der Waals surface area contributed by atoms with Crippen molar-refractivity contribution in [3.05, 3.63) is 21.9 Å². The van der Waals surface area contributed by atoms with Crippen molar-refractivity contribution in [1.29, 1.82) is 0 Å². The summed E-state index contributed by atoms with van der Waals surface area (Å²) in [4.78, 5) is 2.96. The van der Waals surface area contributed by atoms with Crippen LogP contribution in [0.5, 0.6) is 0 Å². The van der Waals surface area contributed by atoms with Crippen LogP contribution in [0.4, 0.5) is 0 Å². The summed E-state index contributed by atoms with van der Waals surface area (Å²) < 4.78 is 0. The van der Waals surface area contributed by atoms with Gasteiger partial charge >= 0.3 is 0 Å². The molecule has 1 N–H and O–H groups in total. The fourth-order valence-electron chi connectivity index (χ4n) is 2.23. The van der Waals surface area contributed by atoms with E-state index in [4.69, 9.17) is 0 Å². The van der Waals surface area contributed by atoms with Gasteiger partial charge in [0.05, 0.1) is 0 Å². The zero-order chi connectivity index (χ0) is 10.0. The third-order valence-electron chi connectivity index (χ3n) is 3.07. The van der Waals surface area contributed by atoms with E-state index >= 15 is 0 Å². The predicted octanol–water partition coefficient (Wildman–Crippen LogP) is 3.13. The molecule has 0 aliphatic carbocycles. The molecular formula is C12H19NS. The highest BCUT2D eigenvalue weighted by Gasteiger charge is 2.26. The van der Waals surface area contributed by atoms with Gasteiger partial charge in [-0.3, -0.25) is 0 Å². The summed E-state index contributed by atoms with van der Waals surface area (Å²) in [6.45, 7) is 5.74. The maximum absolute atomic E-state index is 3.66. The minimum atomic E-state index is 0.357. The zero-order valence-corrected chi connectivity index (χ0v) is 9.91. The van der Waals surface area contributed by atoms with E-state index in [1.807, 2.05) is 11.3 Å². The molecule has 0 bridgehead atoms. The molecule has 1 nitrogen and oxygen atoms in total. The quantitative estimate of drug-likeness (QED) is 0.789. The molecule has 2 rings (SSSR count). The average Bonchev–Trinajstić information content (AvgIpc) is 2.51. The molecule has 1 fully saturated rings. The highest BCUT2D eigenvalue weighted by atomic mass is 32.1. The van der Waals surface area contributed by atoms with Crippen LogP contribution in [-0.4, -0.2) is 12.1 Å². The van der Waals surface area contributed by atoms with Crippen LogP contribution in [0.1, 0.15) is 35.9 Å². The highest BCUT2D eigenvalue weighted by Crippen LogP contribution is 2.26. The van der Waals surface area contributed by atoms with Crippen LogP contribution in [0, 0.1) is 6.92 Å². The first kappa shape index (κ1) is 10.2. The SMILES string of the molecule is Cc1ccc(CC2(C)CCCCN2)s1. The van der Waals surface area contributed by atoms with Crippen LogP contribution >= 0.6 is 11.3 Å². The molecule has 0 radical (unpaired) electrons. The third-order valence-corrected chi connectivity index (χ3v) is 4.07. The molecule has 1 saturated heterocycles. The molecule has 78 valence electrons. The van der Waals surface area contributed by atoms with E-state index in [9.17, 15) is 0 Å². The van der Waals surface area contributed by atoms with E-state index in [0.29, 0.717) is 5.54 Å². The van der Waals surface area contributed by atoms with Crippen molar-refractivity contribution < 1.29 is 0 Å². The Balaban J connectivity index is 2.01. The van der Waals surface area contributed by atoms with Gasteiger partial charge in [-0.2, -0.15) is 0 Å². The maximum Gasteiger partial charge on any atom is 0.0201 e. The fraction of sp³-hybridized carbons (Fsp3) is 0.667. The molecule has 0 saturated carbocycles. The molecule has 0 spiro atoms. The largest absolute Gasteiger partial charge is 0.311 e. The molecule has 1 aliphatic rings. The molecule has 1 aliphatic heterocycles. The second-order valence-corrected chi connectivity index (χ2v) is 6.01. The Labute approximate surface area is 90.5 Å². The van der Waals surface area contributed by atoms with Crippen molar-refractivity contribution in [3.8, 4) is 0 Å². The normalized spacial score (nSPS) is 27.9. The first-order valence-corrected chi connectivity index (χ1v) is 6.30. The monoisotopic (exact) mass is 209 g/mol. The highest BCUT2D eigenvalue weighted by molar-refractivity contribution is 7.11. The molecule has 14 heavy (non-hydrogen) atoms. The Kier molecular flexibility index (Phi) is 2.93. The molecule has 1 atom stereocenters. The summed E-state index contributed by atoms with van der Waals surface area (Å²) in [6.07, 6.45) is 5.25. The van der Waals surface area contributed by atoms with Gasteiger partial charge in [-0.1, -0.05) is 6.42 Å². The van der Waals surface area contributed by atoms with Crippen LogP contribution < -0.4 is 5.32 Å². The van der Waals surface area contributed by atoms with Gasteiger partial charge in [0.25, 0.3) is 0 Å². The van der Waals surface area contributed by atoms with Gasteiger partial charge in [0.15, 0.2) is 0 Å². The number of rotatable bonds is 2. The molecular weight excluding hydrogens is 190 g/mol. The Morgan fingerprint density at radius 3 is 2.86 bits per heavy atom. The molecule has 1 unspecified atom stereocenters. The van der Waals surface area contributed by atoms with Gasteiger partial charge in [-0.25, -0.2) is 0 Å². The number of nitrogens with one attached hydrogen (secondary N) is 1. The predicted molar refractivity (Wildman–Crippen MR) is 63.0 cm³/mol. The Bertz CT molecular complexity index is 297. The summed E-state index contributed by atoms with van der Waals surface area (Å²) in [5.74, 6) is 0. The van der Waals surface area contributed by atoms with Gasteiger partial charge in [-0.05, 0) is 51.8 Å². The summed E-state index contributed by atoms with van der Waals surface area (Å²) in [6, 6.07) is 4.51. The third kappa shape index (κ3) is 2.37. The lowest BCUT2D eigenvalue weighted by Crippen LogP contribution is -2.47. The van der Waals surface area contributed by atoms with E-state index in [-0.39, 0.29) is 0 Å². The minimum absolute atomic E-state index is 0.357. The standard InChI is InChI=1S/C12H19NS/c1-10-5-6-11(14-10)9-12(2)7-3-4-8-13-12/h5-6,13H,3-4,7-9H2,1-2H3. The van der Waals surface area contributed by atoms with Gasteiger partial charge in [0.1, 0.15) is 0 Å². The lowest BCUT2D eigenvalue weighted by molar-refractivity contribution is 0.278. The van der Waals surface area contributed by atoms with Gasteiger partial charge in [0.2, 0.25) is 0 Å². The number of thiophene rings is 1. The van der Waals surface area contributed by atoms with E-state index in [0.717, 1.165) is 0 Å². The lowest BCUT2D eigenvalue weighted by atomic mass is 9.87. The summed E-state index contributed by atoms with van der Waals surface area (Å²) in [5.41, 5.74) is 0.357. The first-order valence-electron chi connectivity index (χ1n) is 5.48. The van der Waals surface area contributed by atoms with E-state index < -0.39 is 0 Å². The number of aryl methyl sites for hydroxylation is 1. The van der Waals surface area contributed by atoms with Crippen molar-refractivity contribution in [2.24, 2.45) is 0 Å². The number of hydrogen-bond donors (Lipinski definition) is 1. The molecule has 0 aromatic carbocycles. The maximum atomic E-state index is 3.66. The topological polar surface area (TPSA) is 12.0 Å². The number of piperidine rings is 1. The van der Waals surface area contributed by atoms with E-state index in [1.165, 1.54) is 42.0 Å². The van der Waals surface area contributed by atoms with Crippen LogP contribution in [0.25, 0.3) is 0 Å². The van der Waals surface area contributed by atoms with Crippen LogP contribution in [0.15, 0.2) is 12.1 Å². The molecule has 2 heteroatoms. The summed E-state index contributed by atoms with van der Waals surface area (Å²) in [5, 5.41) is 3.66. The molecule has 1 aromatic heterocycles. The van der Waals surface area contributed by atoms with Gasteiger partial charge in [-0.15, -0.1) is 11.3 Å². The Morgan fingerprint density at radius 1 is 1.43 bits per heavy atom. The first-order chi connectivity index (χ1) is 6.68. The van der Waals surface area contributed by atoms with Crippen molar-refractivity contribution in [1.82, 2.24) is 5.32 Å². The van der Waals surface area contributed by atoms with Crippen molar-refractivity contribution in [2.75, 3.05) is 6.54 Å². The fourth-order valence-corrected chi connectivity index (χ4v) is 3.31.